The number of aromatic nitrogens is 3. The molecule has 0 aliphatic rings. The normalized spacial score (nSPS) is 12.4. The summed E-state index contributed by atoms with van der Waals surface area (Å²) in [6.07, 6.45) is 1.61. The zero-order valence-corrected chi connectivity index (χ0v) is 20.1. The van der Waals surface area contributed by atoms with Crippen LogP contribution in [-0.2, 0) is 21.4 Å². The Bertz CT molecular complexity index is 1400. The van der Waals surface area contributed by atoms with Gasteiger partial charge in [-0.15, -0.1) is 10.2 Å². The number of primary sulfonamides is 1. The van der Waals surface area contributed by atoms with E-state index >= 15 is 0 Å². The average molecular weight is 498 g/mol. The fraction of sp³-hybridized carbons (Fsp3) is 0.174. The number of hydrogen-bond donors (Lipinski definition) is 2. The first-order valence-electron chi connectivity index (χ1n) is 10.3. The summed E-state index contributed by atoms with van der Waals surface area (Å²) in [5.41, 5.74) is 2.37. The lowest BCUT2D eigenvalue weighted by molar-refractivity contribution is -0.115. The molecule has 1 amide bonds. The molecule has 176 valence electrons. The van der Waals surface area contributed by atoms with Crippen LogP contribution >= 0.6 is 11.8 Å². The summed E-state index contributed by atoms with van der Waals surface area (Å²) >= 11 is 1.28. The molecule has 9 nitrogen and oxygen atoms in total. The van der Waals surface area contributed by atoms with Gasteiger partial charge in [0.25, 0.3) is 0 Å². The second-order valence-electron chi connectivity index (χ2n) is 7.59. The molecule has 0 saturated heterocycles. The standard InChI is InChI=1S/C23H23N5O4S2/c1-15-20(12-13-32-15)21-26-27-23(28(21)14-17-6-4-3-5-7-17)33-16(2)22(29)25-18-8-10-19(11-9-18)34(24,30)31/h3-13,16H,14H2,1-2H3,(H,25,29)(H2,24,30,31)/t16-/m0/s1. The molecule has 2 heterocycles. The molecule has 0 aliphatic carbocycles. The van der Waals surface area contributed by atoms with E-state index in [-0.39, 0.29) is 10.8 Å². The topological polar surface area (TPSA) is 133 Å². The molecule has 0 bridgehead atoms. The van der Waals surface area contributed by atoms with Crippen LogP contribution in [0, 0.1) is 6.92 Å². The quantitative estimate of drug-likeness (QED) is 0.355. The first-order chi connectivity index (χ1) is 16.2. The molecule has 0 saturated carbocycles. The number of thioether (sulfide) groups is 1. The van der Waals surface area contributed by atoms with Gasteiger partial charge >= 0.3 is 0 Å². The number of anilines is 1. The van der Waals surface area contributed by atoms with Gasteiger partial charge in [0.15, 0.2) is 11.0 Å². The number of hydrogen-bond acceptors (Lipinski definition) is 7. The largest absolute Gasteiger partial charge is 0.469 e. The van der Waals surface area contributed by atoms with Crippen LogP contribution in [0.4, 0.5) is 5.69 Å². The van der Waals surface area contributed by atoms with Crippen molar-refractivity contribution in [3.8, 4) is 11.4 Å². The van der Waals surface area contributed by atoms with Crippen LogP contribution in [0.25, 0.3) is 11.4 Å². The highest BCUT2D eigenvalue weighted by Gasteiger charge is 2.22. The second kappa shape index (κ2) is 9.84. The predicted octanol–water partition coefficient (Wildman–Crippen LogP) is 3.66. The Balaban J connectivity index is 1.55. The SMILES string of the molecule is Cc1occc1-c1nnc(S[C@@H](C)C(=O)Nc2ccc(S(N)(=O)=O)cc2)n1Cc1ccccc1. The Hall–Kier alpha value is -3.41. The summed E-state index contributed by atoms with van der Waals surface area (Å²) in [5, 5.41) is 16.7. The summed E-state index contributed by atoms with van der Waals surface area (Å²) in [6, 6.07) is 17.4. The molecule has 11 heteroatoms. The highest BCUT2D eigenvalue weighted by Crippen LogP contribution is 2.30. The summed E-state index contributed by atoms with van der Waals surface area (Å²) in [5.74, 6) is 1.12. The average Bonchev–Trinajstić information content (AvgIpc) is 3.40. The number of carbonyl (C=O) groups excluding carboxylic acids is 1. The first kappa shape index (κ1) is 23.7. The van der Waals surface area contributed by atoms with E-state index in [1.807, 2.05) is 47.9 Å². The zero-order chi connectivity index (χ0) is 24.3. The van der Waals surface area contributed by atoms with E-state index in [0.29, 0.717) is 23.2 Å². The number of aryl methyl sites for hydroxylation is 1. The van der Waals surface area contributed by atoms with Gasteiger partial charge in [0.2, 0.25) is 15.9 Å². The number of rotatable bonds is 8. The Labute approximate surface area is 201 Å². The minimum Gasteiger partial charge on any atom is -0.469 e. The van der Waals surface area contributed by atoms with Crippen molar-refractivity contribution >= 4 is 33.4 Å². The maximum atomic E-state index is 12.8. The summed E-state index contributed by atoms with van der Waals surface area (Å²) in [4.78, 5) is 12.8. The molecular formula is C23H23N5O4S2. The summed E-state index contributed by atoms with van der Waals surface area (Å²) < 4.78 is 30.2. The fourth-order valence-corrected chi connectivity index (χ4v) is 4.65. The van der Waals surface area contributed by atoms with E-state index in [0.717, 1.165) is 16.9 Å². The lowest BCUT2D eigenvalue weighted by Crippen LogP contribution is -2.23. The predicted molar refractivity (Wildman–Crippen MR) is 130 cm³/mol. The van der Waals surface area contributed by atoms with E-state index in [2.05, 4.69) is 15.5 Å². The molecule has 1 atom stereocenters. The molecule has 0 unspecified atom stereocenters. The van der Waals surface area contributed by atoms with E-state index in [1.54, 1.807) is 13.2 Å². The lowest BCUT2D eigenvalue weighted by atomic mass is 10.2. The number of furan rings is 1. The summed E-state index contributed by atoms with van der Waals surface area (Å²) in [7, 11) is -3.80. The number of sulfonamides is 1. The van der Waals surface area contributed by atoms with Crippen LogP contribution in [0.15, 0.2) is 81.4 Å². The van der Waals surface area contributed by atoms with Gasteiger partial charge in [-0.2, -0.15) is 0 Å². The van der Waals surface area contributed by atoms with Crippen LogP contribution in [0.1, 0.15) is 18.2 Å². The van der Waals surface area contributed by atoms with E-state index in [4.69, 9.17) is 9.56 Å². The second-order valence-corrected chi connectivity index (χ2v) is 10.5. The molecule has 4 rings (SSSR count). The Morgan fingerprint density at radius 1 is 1.12 bits per heavy atom. The van der Waals surface area contributed by atoms with E-state index in [1.165, 1.54) is 36.0 Å². The number of nitrogens with zero attached hydrogens (tertiary/aromatic N) is 3. The van der Waals surface area contributed by atoms with Crippen LogP contribution < -0.4 is 10.5 Å². The van der Waals surface area contributed by atoms with E-state index in [9.17, 15) is 13.2 Å². The van der Waals surface area contributed by atoms with Crippen LogP contribution in [0.2, 0.25) is 0 Å². The lowest BCUT2D eigenvalue weighted by Gasteiger charge is -2.14. The van der Waals surface area contributed by atoms with Crippen molar-refractivity contribution in [2.45, 2.75) is 35.7 Å². The molecule has 0 fully saturated rings. The molecule has 3 N–H and O–H groups in total. The highest BCUT2D eigenvalue weighted by molar-refractivity contribution is 8.00. The fourth-order valence-electron chi connectivity index (χ4n) is 3.28. The maximum absolute atomic E-state index is 12.8. The van der Waals surface area contributed by atoms with Crippen molar-refractivity contribution in [1.82, 2.24) is 14.8 Å². The first-order valence-corrected chi connectivity index (χ1v) is 12.8. The van der Waals surface area contributed by atoms with Crippen LogP contribution in [-0.4, -0.2) is 34.3 Å². The van der Waals surface area contributed by atoms with Crippen LogP contribution in [0.3, 0.4) is 0 Å². The molecule has 0 radical (unpaired) electrons. The molecule has 4 aromatic rings. The van der Waals surface area contributed by atoms with Gasteiger partial charge in [-0.05, 0) is 49.7 Å². The van der Waals surface area contributed by atoms with Gasteiger partial charge in [0.05, 0.1) is 28.5 Å². The molecular weight excluding hydrogens is 474 g/mol. The van der Waals surface area contributed by atoms with Gasteiger partial charge in [-0.25, -0.2) is 13.6 Å². The Morgan fingerprint density at radius 2 is 1.82 bits per heavy atom. The molecule has 0 spiro atoms. The zero-order valence-electron chi connectivity index (χ0n) is 18.5. The molecule has 2 aromatic heterocycles. The molecule has 2 aromatic carbocycles. The number of benzene rings is 2. The van der Waals surface area contributed by atoms with Gasteiger partial charge in [0, 0.05) is 5.69 Å². The third-order valence-electron chi connectivity index (χ3n) is 5.10. The number of nitrogens with two attached hydrogens (primary N) is 1. The third-order valence-corrected chi connectivity index (χ3v) is 7.11. The summed E-state index contributed by atoms with van der Waals surface area (Å²) in [6.45, 7) is 4.16. The van der Waals surface area contributed by atoms with Crippen molar-refractivity contribution in [3.63, 3.8) is 0 Å². The van der Waals surface area contributed by atoms with Gasteiger partial charge in [-0.1, -0.05) is 42.1 Å². The van der Waals surface area contributed by atoms with Crippen LogP contribution in [0.5, 0.6) is 0 Å². The molecule has 0 aliphatic heterocycles. The number of carbonyl (C=O) groups is 1. The monoisotopic (exact) mass is 497 g/mol. The van der Waals surface area contributed by atoms with E-state index < -0.39 is 15.3 Å². The van der Waals surface area contributed by atoms with Crippen molar-refractivity contribution in [3.05, 3.63) is 78.3 Å². The van der Waals surface area contributed by atoms with Gasteiger partial charge in [0.1, 0.15) is 5.76 Å². The number of amides is 1. The van der Waals surface area contributed by atoms with Gasteiger partial charge in [-0.3, -0.25) is 9.36 Å². The highest BCUT2D eigenvalue weighted by atomic mass is 32.2. The minimum atomic E-state index is -3.80. The van der Waals surface area contributed by atoms with Crippen molar-refractivity contribution in [1.29, 1.82) is 0 Å². The Kier molecular flexibility index (Phi) is 6.87. The van der Waals surface area contributed by atoms with Gasteiger partial charge < -0.3 is 9.73 Å². The Morgan fingerprint density at radius 3 is 2.44 bits per heavy atom. The maximum Gasteiger partial charge on any atom is 0.238 e. The smallest absolute Gasteiger partial charge is 0.238 e. The molecule has 34 heavy (non-hydrogen) atoms. The minimum absolute atomic E-state index is 0.0241. The van der Waals surface area contributed by atoms with Crippen molar-refractivity contribution in [2.24, 2.45) is 5.14 Å². The number of nitrogens with one attached hydrogen (secondary N) is 1. The third kappa shape index (κ3) is 5.38. The van der Waals surface area contributed by atoms with Crippen molar-refractivity contribution in [2.75, 3.05) is 5.32 Å². The van der Waals surface area contributed by atoms with Crippen molar-refractivity contribution < 1.29 is 17.6 Å².